The van der Waals surface area contributed by atoms with Crippen molar-refractivity contribution in [1.29, 1.82) is 0 Å². The fourth-order valence-electron chi connectivity index (χ4n) is 1.86. The summed E-state index contributed by atoms with van der Waals surface area (Å²) in [5, 5.41) is 4.59. The summed E-state index contributed by atoms with van der Waals surface area (Å²) in [6, 6.07) is 8.67. The zero-order valence-corrected chi connectivity index (χ0v) is 9.86. The van der Waals surface area contributed by atoms with Gasteiger partial charge in [-0.15, -0.1) is 0 Å². The lowest BCUT2D eigenvalue weighted by atomic mass is 10.1. The van der Waals surface area contributed by atoms with Gasteiger partial charge in [-0.2, -0.15) is 0 Å². The van der Waals surface area contributed by atoms with Crippen molar-refractivity contribution in [2.24, 2.45) is 0 Å². The predicted molar refractivity (Wildman–Crippen MR) is 66.3 cm³/mol. The molecule has 0 amide bonds. The molecule has 0 fully saturated rings. The summed E-state index contributed by atoms with van der Waals surface area (Å²) in [4.78, 5) is 0. The second kappa shape index (κ2) is 5.14. The van der Waals surface area contributed by atoms with Gasteiger partial charge in [-0.1, -0.05) is 19.1 Å². The number of rotatable bonds is 5. The molecular weight excluding hydrogens is 200 g/mol. The third kappa shape index (κ3) is 2.26. The molecular formula is C13H18N2O. The highest BCUT2D eigenvalue weighted by Gasteiger charge is 2.01. The van der Waals surface area contributed by atoms with Crippen LogP contribution in [0.2, 0.25) is 0 Å². The molecule has 0 saturated heterocycles. The molecule has 0 aliphatic carbocycles. The Kier molecular flexibility index (Phi) is 3.59. The lowest BCUT2D eigenvalue weighted by Gasteiger charge is -2.06. The Morgan fingerprint density at radius 2 is 2.19 bits per heavy atom. The van der Waals surface area contributed by atoms with Crippen LogP contribution in [0.3, 0.4) is 0 Å². The van der Waals surface area contributed by atoms with E-state index in [-0.39, 0.29) is 0 Å². The lowest BCUT2D eigenvalue weighted by Crippen LogP contribution is -2.11. The van der Waals surface area contributed by atoms with Crippen molar-refractivity contribution in [1.82, 2.24) is 9.88 Å². The largest absolute Gasteiger partial charge is 0.364 e. The zero-order chi connectivity index (χ0) is 11.4. The summed E-state index contributed by atoms with van der Waals surface area (Å²) >= 11 is 0. The SMILES string of the molecule is CCNCc1ccc2ccn(COC)c2c1. The minimum atomic E-state index is 0.605. The highest BCUT2D eigenvalue weighted by molar-refractivity contribution is 5.80. The number of methoxy groups -OCH3 is 1. The molecule has 3 nitrogen and oxygen atoms in total. The van der Waals surface area contributed by atoms with Gasteiger partial charge in [0.2, 0.25) is 0 Å². The summed E-state index contributed by atoms with van der Waals surface area (Å²) in [7, 11) is 1.72. The van der Waals surface area contributed by atoms with E-state index in [0.717, 1.165) is 13.1 Å². The maximum Gasteiger partial charge on any atom is 0.122 e. The molecule has 0 aliphatic heterocycles. The first-order valence-corrected chi connectivity index (χ1v) is 5.62. The average Bonchev–Trinajstić information content (AvgIpc) is 2.70. The maximum atomic E-state index is 5.16. The Morgan fingerprint density at radius 1 is 1.31 bits per heavy atom. The maximum absolute atomic E-state index is 5.16. The van der Waals surface area contributed by atoms with Crippen molar-refractivity contribution in [3.63, 3.8) is 0 Å². The second-order valence-electron chi connectivity index (χ2n) is 3.88. The van der Waals surface area contributed by atoms with Gasteiger partial charge in [0.05, 0.1) is 5.52 Å². The molecule has 0 atom stereocenters. The van der Waals surface area contributed by atoms with Crippen LogP contribution in [0.4, 0.5) is 0 Å². The van der Waals surface area contributed by atoms with Gasteiger partial charge >= 0.3 is 0 Å². The molecule has 86 valence electrons. The van der Waals surface area contributed by atoms with Gasteiger partial charge in [0.25, 0.3) is 0 Å². The Labute approximate surface area is 96.0 Å². The Bertz CT molecular complexity index is 462. The first kappa shape index (κ1) is 11.2. The Morgan fingerprint density at radius 3 is 2.94 bits per heavy atom. The molecule has 0 saturated carbocycles. The van der Waals surface area contributed by atoms with Gasteiger partial charge in [0.15, 0.2) is 0 Å². The topological polar surface area (TPSA) is 26.2 Å². The molecule has 0 radical (unpaired) electrons. The standard InChI is InChI=1S/C13H18N2O/c1-3-14-9-11-4-5-12-6-7-15(10-16-2)13(12)8-11/h4-8,14H,3,9-10H2,1-2H3. The number of ether oxygens (including phenoxy) is 1. The van der Waals surface area contributed by atoms with Crippen molar-refractivity contribution < 1.29 is 4.74 Å². The third-order valence-corrected chi connectivity index (χ3v) is 2.69. The smallest absolute Gasteiger partial charge is 0.122 e. The molecule has 16 heavy (non-hydrogen) atoms. The van der Waals surface area contributed by atoms with E-state index >= 15 is 0 Å². The first-order valence-electron chi connectivity index (χ1n) is 5.62. The quantitative estimate of drug-likeness (QED) is 0.833. The van der Waals surface area contributed by atoms with Crippen LogP contribution >= 0.6 is 0 Å². The third-order valence-electron chi connectivity index (χ3n) is 2.69. The molecule has 2 aromatic rings. The predicted octanol–water partition coefficient (Wildman–Crippen LogP) is 2.35. The van der Waals surface area contributed by atoms with Gasteiger partial charge in [-0.3, -0.25) is 0 Å². The van der Waals surface area contributed by atoms with Crippen LogP contribution in [-0.4, -0.2) is 18.2 Å². The molecule has 1 aromatic carbocycles. The van der Waals surface area contributed by atoms with E-state index < -0.39 is 0 Å². The molecule has 0 spiro atoms. The molecule has 1 N–H and O–H groups in total. The molecule has 0 aliphatic rings. The van der Waals surface area contributed by atoms with E-state index in [0.29, 0.717) is 6.73 Å². The summed E-state index contributed by atoms with van der Waals surface area (Å²) in [5.74, 6) is 0. The van der Waals surface area contributed by atoms with Crippen LogP contribution in [0.5, 0.6) is 0 Å². The number of hydrogen-bond acceptors (Lipinski definition) is 2. The molecule has 2 rings (SSSR count). The number of nitrogens with one attached hydrogen (secondary N) is 1. The monoisotopic (exact) mass is 218 g/mol. The van der Waals surface area contributed by atoms with Gasteiger partial charge in [-0.25, -0.2) is 0 Å². The molecule has 1 heterocycles. The number of nitrogens with zero attached hydrogens (tertiary/aromatic N) is 1. The van der Waals surface area contributed by atoms with E-state index in [1.807, 2.05) is 0 Å². The first-order chi connectivity index (χ1) is 7.85. The second-order valence-corrected chi connectivity index (χ2v) is 3.88. The highest BCUT2D eigenvalue weighted by atomic mass is 16.5. The minimum Gasteiger partial charge on any atom is -0.364 e. The van der Waals surface area contributed by atoms with Crippen LogP contribution in [-0.2, 0) is 18.0 Å². The number of fused-ring (bicyclic) bond motifs is 1. The van der Waals surface area contributed by atoms with Crippen molar-refractivity contribution in [2.75, 3.05) is 13.7 Å². The fraction of sp³-hybridized carbons (Fsp3) is 0.385. The Balaban J connectivity index is 2.30. The highest BCUT2D eigenvalue weighted by Crippen LogP contribution is 2.17. The molecule has 1 aromatic heterocycles. The summed E-state index contributed by atoms with van der Waals surface area (Å²) in [6.45, 7) is 4.64. The van der Waals surface area contributed by atoms with Gasteiger partial charge < -0.3 is 14.6 Å². The average molecular weight is 218 g/mol. The van der Waals surface area contributed by atoms with E-state index in [1.165, 1.54) is 16.5 Å². The zero-order valence-electron chi connectivity index (χ0n) is 9.86. The van der Waals surface area contributed by atoms with E-state index in [2.05, 4.69) is 47.3 Å². The van der Waals surface area contributed by atoms with Gasteiger partial charge in [0, 0.05) is 19.9 Å². The summed E-state index contributed by atoms with van der Waals surface area (Å²) < 4.78 is 7.28. The Hall–Kier alpha value is -1.32. The van der Waals surface area contributed by atoms with Crippen molar-refractivity contribution in [3.8, 4) is 0 Å². The van der Waals surface area contributed by atoms with Gasteiger partial charge in [0.1, 0.15) is 6.73 Å². The number of benzene rings is 1. The molecule has 0 bridgehead atoms. The summed E-state index contributed by atoms with van der Waals surface area (Å²) in [6.07, 6.45) is 2.06. The van der Waals surface area contributed by atoms with E-state index in [1.54, 1.807) is 7.11 Å². The fourth-order valence-corrected chi connectivity index (χ4v) is 1.86. The van der Waals surface area contributed by atoms with Crippen molar-refractivity contribution in [3.05, 3.63) is 36.0 Å². The van der Waals surface area contributed by atoms with E-state index in [9.17, 15) is 0 Å². The number of hydrogen-bond donors (Lipinski definition) is 1. The van der Waals surface area contributed by atoms with Crippen LogP contribution in [0.1, 0.15) is 12.5 Å². The van der Waals surface area contributed by atoms with Crippen LogP contribution in [0.25, 0.3) is 10.9 Å². The minimum absolute atomic E-state index is 0.605. The van der Waals surface area contributed by atoms with Crippen LogP contribution in [0.15, 0.2) is 30.5 Å². The summed E-state index contributed by atoms with van der Waals surface area (Å²) in [5.41, 5.74) is 2.54. The number of aromatic nitrogens is 1. The van der Waals surface area contributed by atoms with Gasteiger partial charge in [-0.05, 0) is 29.6 Å². The normalized spacial score (nSPS) is 11.1. The molecule has 3 heteroatoms. The van der Waals surface area contributed by atoms with Crippen LogP contribution in [0, 0.1) is 0 Å². The van der Waals surface area contributed by atoms with E-state index in [4.69, 9.17) is 4.74 Å². The lowest BCUT2D eigenvalue weighted by molar-refractivity contribution is 0.135. The van der Waals surface area contributed by atoms with Crippen LogP contribution < -0.4 is 5.32 Å². The van der Waals surface area contributed by atoms with Crippen molar-refractivity contribution in [2.45, 2.75) is 20.2 Å². The van der Waals surface area contributed by atoms with Crippen molar-refractivity contribution >= 4 is 10.9 Å². The molecule has 0 unspecified atom stereocenters.